The van der Waals surface area contributed by atoms with Gasteiger partial charge in [0, 0.05) is 10.8 Å². The van der Waals surface area contributed by atoms with Crippen LogP contribution in [0.2, 0.25) is 0 Å². The summed E-state index contributed by atoms with van der Waals surface area (Å²) >= 11 is 0. The maximum atomic E-state index is 12.2. The number of hydrogen-bond donors (Lipinski definition) is 2. The lowest BCUT2D eigenvalue weighted by Crippen LogP contribution is -2.42. The highest BCUT2D eigenvalue weighted by atomic mass is 16.5. The van der Waals surface area contributed by atoms with Crippen LogP contribution in [0, 0.1) is 0 Å². The summed E-state index contributed by atoms with van der Waals surface area (Å²) in [5, 5.41) is 5.60. The molecule has 0 radical (unpaired) electrons. The van der Waals surface area contributed by atoms with E-state index >= 15 is 0 Å². The lowest BCUT2D eigenvalue weighted by atomic mass is 10.2. The third-order valence-corrected chi connectivity index (χ3v) is 3.93. The Labute approximate surface area is 148 Å². The van der Waals surface area contributed by atoms with Crippen LogP contribution < -0.4 is 10.9 Å². The van der Waals surface area contributed by atoms with Gasteiger partial charge in [-0.2, -0.15) is 0 Å². The zero-order valence-electron chi connectivity index (χ0n) is 13.6. The molecule has 0 fully saturated rings. The van der Waals surface area contributed by atoms with Crippen LogP contribution in [-0.4, -0.2) is 22.0 Å². The number of nitrogens with one attached hydrogen (secondary N) is 2. The van der Waals surface area contributed by atoms with Gasteiger partial charge in [0.15, 0.2) is 5.58 Å². The summed E-state index contributed by atoms with van der Waals surface area (Å²) in [5.41, 5.74) is 6.78. The number of hydrogen-bond acceptors (Lipinski definition) is 5. The molecule has 2 N–H and O–H groups in total. The van der Waals surface area contributed by atoms with Gasteiger partial charge in [-0.3, -0.25) is 20.4 Å². The van der Waals surface area contributed by atoms with Crippen molar-refractivity contribution in [2.45, 2.75) is 6.42 Å². The molecule has 0 spiro atoms. The normalized spacial score (nSPS) is 10.8. The number of amides is 2. The number of hydrazine groups is 1. The topological polar surface area (TPSA) is 97.1 Å². The number of fused-ring (bicyclic) bond motifs is 2. The molecule has 128 valence electrons. The molecule has 4 rings (SSSR count). The fourth-order valence-corrected chi connectivity index (χ4v) is 2.64. The van der Waals surface area contributed by atoms with Gasteiger partial charge in [0.25, 0.3) is 5.91 Å². The number of rotatable bonds is 3. The van der Waals surface area contributed by atoms with Gasteiger partial charge >= 0.3 is 0 Å². The van der Waals surface area contributed by atoms with Crippen molar-refractivity contribution in [3.05, 3.63) is 72.1 Å². The molecule has 0 bridgehead atoms. The Morgan fingerprint density at radius 3 is 2.65 bits per heavy atom. The fourth-order valence-electron chi connectivity index (χ4n) is 2.64. The van der Waals surface area contributed by atoms with E-state index in [0.717, 1.165) is 10.8 Å². The first-order valence-corrected chi connectivity index (χ1v) is 7.99. The first-order valence-electron chi connectivity index (χ1n) is 7.99. The monoisotopic (exact) mass is 346 g/mol. The van der Waals surface area contributed by atoms with Gasteiger partial charge in [0.2, 0.25) is 5.91 Å². The van der Waals surface area contributed by atoms with Crippen molar-refractivity contribution in [2.24, 2.45) is 0 Å². The van der Waals surface area contributed by atoms with Gasteiger partial charge in [-0.1, -0.05) is 41.6 Å². The summed E-state index contributed by atoms with van der Waals surface area (Å²) in [4.78, 5) is 28.5. The summed E-state index contributed by atoms with van der Waals surface area (Å²) in [6.07, 6.45) is -0.0115. The summed E-state index contributed by atoms with van der Waals surface area (Å²) in [6, 6.07) is 18.2. The van der Waals surface area contributed by atoms with Crippen LogP contribution in [0.25, 0.3) is 21.9 Å². The van der Waals surface area contributed by atoms with Crippen LogP contribution in [0.15, 0.2) is 65.2 Å². The average Bonchev–Trinajstić information content (AvgIpc) is 3.08. The molecular weight excluding hydrogens is 332 g/mol. The molecule has 26 heavy (non-hydrogen) atoms. The lowest BCUT2D eigenvalue weighted by molar-refractivity contribution is -0.121. The summed E-state index contributed by atoms with van der Waals surface area (Å²) < 4.78 is 5.16. The van der Waals surface area contributed by atoms with E-state index in [9.17, 15) is 9.59 Å². The van der Waals surface area contributed by atoms with E-state index in [2.05, 4.69) is 21.0 Å². The highest BCUT2D eigenvalue weighted by Crippen LogP contribution is 2.18. The molecule has 0 saturated heterocycles. The number of carbonyl (C=O) groups is 2. The SMILES string of the molecule is O=C(Cc1noc2ccccc12)NNC(=O)c1ccc2ccccc2n1. The molecule has 0 aliphatic rings. The first kappa shape index (κ1) is 15.8. The molecule has 2 aromatic carbocycles. The minimum absolute atomic E-state index is 0.0115. The quantitative estimate of drug-likeness (QED) is 0.555. The Morgan fingerprint density at radius 1 is 0.923 bits per heavy atom. The Hall–Kier alpha value is -3.74. The van der Waals surface area contributed by atoms with E-state index in [0.29, 0.717) is 16.8 Å². The molecule has 7 nitrogen and oxygen atoms in total. The van der Waals surface area contributed by atoms with Crippen LogP contribution in [0.5, 0.6) is 0 Å². The minimum Gasteiger partial charge on any atom is -0.356 e. The molecule has 2 aromatic heterocycles. The second kappa shape index (κ2) is 6.64. The zero-order chi connectivity index (χ0) is 17.9. The summed E-state index contributed by atoms with van der Waals surface area (Å²) in [6.45, 7) is 0. The van der Waals surface area contributed by atoms with Gasteiger partial charge < -0.3 is 4.52 Å². The van der Waals surface area contributed by atoms with Gasteiger partial charge in [0.05, 0.1) is 11.9 Å². The fraction of sp³-hybridized carbons (Fsp3) is 0.0526. The molecule has 0 saturated carbocycles. The number of aromatic nitrogens is 2. The van der Waals surface area contributed by atoms with Crippen molar-refractivity contribution in [1.29, 1.82) is 0 Å². The Kier molecular flexibility index (Phi) is 4.03. The summed E-state index contributed by atoms with van der Waals surface area (Å²) in [5.74, 6) is -0.896. The first-order chi connectivity index (χ1) is 12.7. The van der Waals surface area contributed by atoms with Crippen molar-refractivity contribution in [3.8, 4) is 0 Å². The van der Waals surface area contributed by atoms with Crippen molar-refractivity contribution in [3.63, 3.8) is 0 Å². The molecule has 0 unspecified atom stereocenters. The summed E-state index contributed by atoms with van der Waals surface area (Å²) in [7, 11) is 0. The van der Waals surface area contributed by atoms with E-state index in [-0.39, 0.29) is 12.1 Å². The van der Waals surface area contributed by atoms with Gasteiger partial charge in [0.1, 0.15) is 11.4 Å². The Balaban J connectivity index is 1.41. The van der Waals surface area contributed by atoms with Gasteiger partial charge in [-0.15, -0.1) is 0 Å². The second-order valence-electron chi connectivity index (χ2n) is 5.69. The van der Waals surface area contributed by atoms with E-state index in [1.807, 2.05) is 42.5 Å². The number of para-hydroxylation sites is 2. The van der Waals surface area contributed by atoms with Crippen LogP contribution in [0.1, 0.15) is 16.2 Å². The molecule has 2 heterocycles. The Morgan fingerprint density at radius 2 is 1.73 bits per heavy atom. The third-order valence-electron chi connectivity index (χ3n) is 3.93. The molecule has 2 amide bonds. The van der Waals surface area contributed by atoms with Crippen molar-refractivity contribution < 1.29 is 14.1 Å². The van der Waals surface area contributed by atoms with E-state index < -0.39 is 11.8 Å². The van der Waals surface area contributed by atoms with Crippen molar-refractivity contribution in [2.75, 3.05) is 0 Å². The highest BCUT2D eigenvalue weighted by molar-refractivity contribution is 5.96. The Bertz CT molecular complexity index is 1120. The van der Waals surface area contributed by atoms with Crippen molar-refractivity contribution in [1.82, 2.24) is 21.0 Å². The van der Waals surface area contributed by atoms with Crippen LogP contribution >= 0.6 is 0 Å². The zero-order valence-corrected chi connectivity index (χ0v) is 13.6. The predicted octanol–water partition coefficient (Wildman–Crippen LogP) is 2.38. The van der Waals surface area contributed by atoms with Crippen molar-refractivity contribution >= 4 is 33.7 Å². The van der Waals surface area contributed by atoms with E-state index in [1.165, 1.54) is 0 Å². The number of benzene rings is 2. The van der Waals surface area contributed by atoms with Crippen LogP contribution in [0.4, 0.5) is 0 Å². The maximum Gasteiger partial charge on any atom is 0.288 e. The minimum atomic E-state index is -0.492. The second-order valence-corrected chi connectivity index (χ2v) is 5.69. The maximum absolute atomic E-state index is 12.2. The number of carbonyl (C=O) groups excluding carboxylic acids is 2. The van der Waals surface area contributed by atoms with Crippen LogP contribution in [0.3, 0.4) is 0 Å². The molecule has 4 aromatic rings. The van der Waals surface area contributed by atoms with Gasteiger partial charge in [-0.05, 0) is 24.3 Å². The number of pyridine rings is 1. The highest BCUT2D eigenvalue weighted by Gasteiger charge is 2.14. The molecule has 0 aliphatic carbocycles. The third kappa shape index (κ3) is 3.10. The largest absolute Gasteiger partial charge is 0.356 e. The standard InChI is InChI=1S/C19H14N4O3/c24-18(11-16-13-6-2-4-8-17(13)26-23-16)21-22-19(25)15-10-9-12-5-1-3-7-14(12)20-15/h1-10H,11H2,(H,21,24)(H,22,25). The lowest BCUT2D eigenvalue weighted by Gasteiger charge is -2.07. The number of nitrogens with zero attached hydrogens (tertiary/aromatic N) is 2. The predicted molar refractivity (Wildman–Crippen MR) is 95.1 cm³/mol. The molecular formula is C19H14N4O3. The smallest absolute Gasteiger partial charge is 0.288 e. The molecule has 7 heteroatoms. The molecule has 0 aliphatic heterocycles. The van der Waals surface area contributed by atoms with Gasteiger partial charge in [-0.25, -0.2) is 4.98 Å². The van der Waals surface area contributed by atoms with E-state index in [4.69, 9.17) is 4.52 Å². The van der Waals surface area contributed by atoms with E-state index in [1.54, 1.807) is 18.2 Å². The average molecular weight is 346 g/mol. The van der Waals surface area contributed by atoms with Crippen LogP contribution in [-0.2, 0) is 11.2 Å². The molecule has 0 atom stereocenters.